The van der Waals surface area contributed by atoms with E-state index in [1.807, 2.05) is 25.7 Å². The average Bonchev–Trinajstić information content (AvgIpc) is 2.53. The molecule has 7 heteroatoms. The Morgan fingerprint density at radius 1 is 1.00 bits per heavy atom. The number of carbonyl (C=O) groups is 2. The third-order valence-corrected chi connectivity index (χ3v) is 5.01. The van der Waals surface area contributed by atoms with Crippen molar-refractivity contribution in [3.63, 3.8) is 0 Å². The van der Waals surface area contributed by atoms with Crippen molar-refractivity contribution in [2.24, 2.45) is 11.1 Å². The monoisotopic (exact) mass is 360 g/mol. The molecule has 1 heterocycles. The third-order valence-electron chi connectivity index (χ3n) is 5.01. The van der Waals surface area contributed by atoms with Gasteiger partial charge in [-0.2, -0.15) is 0 Å². The van der Waals surface area contributed by atoms with Crippen molar-refractivity contribution < 1.29 is 9.59 Å². The Morgan fingerprint density at radius 3 is 2.00 bits per heavy atom. The summed E-state index contributed by atoms with van der Waals surface area (Å²) < 4.78 is 0. The van der Waals surface area contributed by atoms with Crippen molar-refractivity contribution in [2.45, 2.75) is 65.0 Å². The zero-order valence-corrected chi connectivity index (χ0v) is 16.0. The summed E-state index contributed by atoms with van der Waals surface area (Å²) in [5.74, 6) is -0.00941. The molecule has 0 bridgehead atoms. The largest absolute Gasteiger partial charge is 0.338 e. The number of amides is 3. The molecule has 1 aliphatic heterocycles. The molecule has 2 rings (SSSR count). The summed E-state index contributed by atoms with van der Waals surface area (Å²) in [6, 6.07) is -0.153. The molecule has 3 N–H and O–H groups in total. The Morgan fingerprint density at radius 2 is 1.50 bits per heavy atom. The first-order valence-electron chi connectivity index (χ1n) is 8.89. The van der Waals surface area contributed by atoms with Crippen molar-refractivity contribution in [2.75, 3.05) is 26.2 Å². The molecule has 3 amide bonds. The SMILES string of the molecule is CC(C)(C)[C@H](N)C(=O)N1CCN(C(=O)NC2CCCCC2)CC1.Cl. The van der Waals surface area contributed by atoms with Gasteiger partial charge in [0.2, 0.25) is 5.91 Å². The molecule has 6 nitrogen and oxygen atoms in total. The Hall–Kier alpha value is -1.01. The van der Waals surface area contributed by atoms with Gasteiger partial charge in [-0.05, 0) is 18.3 Å². The minimum atomic E-state index is -0.495. The lowest BCUT2D eigenvalue weighted by Gasteiger charge is -2.38. The van der Waals surface area contributed by atoms with Crippen LogP contribution in [0.25, 0.3) is 0 Å². The van der Waals surface area contributed by atoms with Crippen LogP contribution < -0.4 is 11.1 Å². The van der Waals surface area contributed by atoms with Crippen LogP contribution in [0.3, 0.4) is 0 Å². The van der Waals surface area contributed by atoms with Crippen molar-refractivity contribution >= 4 is 24.3 Å². The number of halogens is 1. The van der Waals surface area contributed by atoms with Gasteiger partial charge in [0.1, 0.15) is 0 Å². The van der Waals surface area contributed by atoms with Gasteiger partial charge in [0.15, 0.2) is 0 Å². The maximum Gasteiger partial charge on any atom is 0.317 e. The van der Waals surface area contributed by atoms with E-state index >= 15 is 0 Å². The van der Waals surface area contributed by atoms with Crippen LogP contribution in [0.15, 0.2) is 0 Å². The summed E-state index contributed by atoms with van der Waals surface area (Å²) >= 11 is 0. The Labute approximate surface area is 151 Å². The molecule has 0 aromatic heterocycles. The van der Waals surface area contributed by atoms with Crippen LogP contribution in [-0.2, 0) is 4.79 Å². The fourth-order valence-corrected chi connectivity index (χ4v) is 3.21. The van der Waals surface area contributed by atoms with Gasteiger partial charge in [-0.3, -0.25) is 4.79 Å². The Bertz CT molecular complexity index is 425. The lowest BCUT2D eigenvalue weighted by molar-refractivity contribution is -0.136. The van der Waals surface area contributed by atoms with Crippen LogP contribution in [0.2, 0.25) is 0 Å². The van der Waals surface area contributed by atoms with Gasteiger partial charge >= 0.3 is 6.03 Å². The molecule has 0 unspecified atom stereocenters. The average molecular weight is 361 g/mol. The van der Waals surface area contributed by atoms with Crippen molar-refractivity contribution in [1.29, 1.82) is 0 Å². The first-order chi connectivity index (χ1) is 10.8. The quantitative estimate of drug-likeness (QED) is 0.790. The minimum Gasteiger partial charge on any atom is -0.338 e. The number of piperazine rings is 1. The second kappa shape index (κ2) is 8.90. The van der Waals surface area contributed by atoms with E-state index in [2.05, 4.69) is 5.32 Å². The number of nitrogens with one attached hydrogen (secondary N) is 1. The second-order valence-electron chi connectivity index (χ2n) is 7.94. The number of hydrogen-bond donors (Lipinski definition) is 2. The van der Waals surface area contributed by atoms with E-state index in [1.165, 1.54) is 19.3 Å². The second-order valence-corrected chi connectivity index (χ2v) is 7.94. The van der Waals surface area contributed by atoms with E-state index in [0.717, 1.165) is 12.8 Å². The maximum absolute atomic E-state index is 12.4. The van der Waals surface area contributed by atoms with Crippen LogP contribution in [0, 0.1) is 5.41 Å². The van der Waals surface area contributed by atoms with E-state index in [4.69, 9.17) is 5.73 Å². The standard InChI is InChI=1S/C17H32N4O2.ClH/c1-17(2,3)14(18)15(22)20-9-11-21(12-10-20)16(23)19-13-7-5-4-6-8-13;/h13-14H,4-12,18H2,1-3H3,(H,19,23);1H/t14-;/m1./s1. The lowest BCUT2D eigenvalue weighted by Crippen LogP contribution is -2.58. The number of carbonyl (C=O) groups excluding carboxylic acids is 2. The summed E-state index contributed by atoms with van der Waals surface area (Å²) in [4.78, 5) is 28.4. The molecule has 0 aromatic rings. The van der Waals surface area contributed by atoms with E-state index < -0.39 is 6.04 Å². The van der Waals surface area contributed by atoms with Gasteiger partial charge in [-0.25, -0.2) is 4.79 Å². The van der Waals surface area contributed by atoms with E-state index in [0.29, 0.717) is 32.2 Å². The highest BCUT2D eigenvalue weighted by Gasteiger charge is 2.33. The summed E-state index contributed by atoms with van der Waals surface area (Å²) in [5.41, 5.74) is 5.82. The van der Waals surface area contributed by atoms with Gasteiger partial charge < -0.3 is 20.9 Å². The summed E-state index contributed by atoms with van der Waals surface area (Å²) in [6.45, 7) is 8.24. The molecule has 2 aliphatic rings. The summed E-state index contributed by atoms with van der Waals surface area (Å²) in [7, 11) is 0. The van der Waals surface area contributed by atoms with E-state index in [9.17, 15) is 9.59 Å². The third kappa shape index (κ3) is 5.52. The maximum atomic E-state index is 12.4. The molecule has 24 heavy (non-hydrogen) atoms. The van der Waals surface area contributed by atoms with Crippen LogP contribution in [0.5, 0.6) is 0 Å². The van der Waals surface area contributed by atoms with E-state index in [-0.39, 0.29) is 29.8 Å². The van der Waals surface area contributed by atoms with Gasteiger partial charge in [-0.15, -0.1) is 12.4 Å². The van der Waals surface area contributed by atoms with Gasteiger partial charge in [0.05, 0.1) is 6.04 Å². The van der Waals surface area contributed by atoms with E-state index in [1.54, 1.807) is 4.90 Å². The Balaban J connectivity index is 0.00000288. The number of rotatable bonds is 2. The molecule has 1 atom stereocenters. The lowest BCUT2D eigenvalue weighted by atomic mass is 9.86. The fourth-order valence-electron chi connectivity index (χ4n) is 3.21. The number of urea groups is 1. The van der Waals surface area contributed by atoms with Crippen LogP contribution in [0.4, 0.5) is 4.79 Å². The van der Waals surface area contributed by atoms with Gasteiger partial charge in [0, 0.05) is 32.2 Å². The molecular formula is C17H33ClN4O2. The Kier molecular flexibility index (Phi) is 7.80. The minimum absolute atomic E-state index is 0. The molecular weight excluding hydrogens is 328 g/mol. The molecule has 1 aliphatic carbocycles. The zero-order valence-electron chi connectivity index (χ0n) is 15.2. The van der Waals surface area contributed by atoms with Crippen LogP contribution in [0.1, 0.15) is 52.9 Å². The highest BCUT2D eigenvalue weighted by molar-refractivity contribution is 5.85. The smallest absolute Gasteiger partial charge is 0.317 e. The first kappa shape index (κ1) is 21.0. The molecule has 140 valence electrons. The molecule has 0 radical (unpaired) electrons. The highest BCUT2D eigenvalue weighted by atomic mass is 35.5. The predicted molar refractivity (Wildman–Crippen MR) is 98.2 cm³/mol. The van der Waals surface area contributed by atoms with Crippen LogP contribution >= 0.6 is 12.4 Å². The molecule has 0 spiro atoms. The predicted octanol–water partition coefficient (Wildman–Crippen LogP) is 1.97. The number of nitrogens with two attached hydrogens (primary N) is 1. The number of nitrogens with zero attached hydrogens (tertiary/aromatic N) is 2. The molecule has 0 aromatic carbocycles. The normalized spacial score (nSPS) is 21.0. The number of hydrogen-bond acceptors (Lipinski definition) is 3. The topological polar surface area (TPSA) is 78.7 Å². The van der Waals surface area contributed by atoms with Gasteiger partial charge in [0.25, 0.3) is 0 Å². The van der Waals surface area contributed by atoms with Crippen molar-refractivity contribution in [3.05, 3.63) is 0 Å². The first-order valence-corrected chi connectivity index (χ1v) is 8.89. The van der Waals surface area contributed by atoms with Crippen molar-refractivity contribution in [1.82, 2.24) is 15.1 Å². The summed E-state index contributed by atoms with van der Waals surface area (Å²) in [5, 5.41) is 3.14. The zero-order chi connectivity index (χ0) is 17.0. The van der Waals surface area contributed by atoms with Crippen molar-refractivity contribution in [3.8, 4) is 0 Å². The van der Waals surface area contributed by atoms with Crippen LogP contribution in [-0.4, -0.2) is 60.0 Å². The highest BCUT2D eigenvalue weighted by Crippen LogP contribution is 2.20. The molecule has 1 saturated heterocycles. The molecule has 1 saturated carbocycles. The van der Waals surface area contributed by atoms with Gasteiger partial charge in [-0.1, -0.05) is 40.0 Å². The molecule has 2 fully saturated rings. The summed E-state index contributed by atoms with van der Waals surface area (Å²) in [6.07, 6.45) is 5.87. The fraction of sp³-hybridized carbons (Fsp3) is 0.882.